The molecule has 156 valence electrons. The van der Waals surface area contributed by atoms with Crippen LogP contribution in [0.3, 0.4) is 0 Å². The lowest BCUT2D eigenvalue weighted by Gasteiger charge is -2.26. The van der Waals surface area contributed by atoms with Gasteiger partial charge in [-0.25, -0.2) is 0 Å². The molecule has 2 heterocycles. The first-order chi connectivity index (χ1) is 14.7. The summed E-state index contributed by atoms with van der Waals surface area (Å²) in [5, 5.41) is 9.60. The standard InChI is InChI=1S/C23H26N4O2S/c1-17-10-12-18(13-11-17)27-22(19-8-4-5-9-20(19)29-2)24-25-23(27)30-16-21(28)26-14-6-3-7-15-26/h4-5,8-13H,3,6-7,14-16H2,1-2H3. The summed E-state index contributed by atoms with van der Waals surface area (Å²) in [6, 6.07) is 16.0. The van der Waals surface area contributed by atoms with Crippen molar-refractivity contribution in [2.75, 3.05) is 26.0 Å². The second kappa shape index (κ2) is 9.34. The number of aromatic nitrogens is 3. The Kier molecular flexibility index (Phi) is 6.38. The van der Waals surface area contributed by atoms with E-state index in [1.807, 2.05) is 45.9 Å². The van der Waals surface area contributed by atoms with Gasteiger partial charge < -0.3 is 9.64 Å². The first kappa shape index (κ1) is 20.5. The van der Waals surface area contributed by atoms with Gasteiger partial charge in [-0.05, 0) is 50.5 Å². The molecule has 1 saturated heterocycles. The Morgan fingerprint density at radius 2 is 1.77 bits per heavy atom. The van der Waals surface area contributed by atoms with Gasteiger partial charge in [-0.15, -0.1) is 10.2 Å². The van der Waals surface area contributed by atoms with E-state index in [2.05, 4.69) is 29.3 Å². The van der Waals surface area contributed by atoms with Gasteiger partial charge in [0.05, 0.1) is 18.4 Å². The van der Waals surface area contributed by atoms with Crippen molar-refractivity contribution in [1.29, 1.82) is 0 Å². The lowest BCUT2D eigenvalue weighted by atomic mass is 10.1. The topological polar surface area (TPSA) is 60.3 Å². The van der Waals surface area contributed by atoms with Crippen LogP contribution in [0.1, 0.15) is 24.8 Å². The van der Waals surface area contributed by atoms with Crippen molar-refractivity contribution >= 4 is 17.7 Å². The fourth-order valence-corrected chi connectivity index (χ4v) is 4.51. The summed E-state index contributed by atoms with van der Waals surface area (Å²) in [5.41, 5.74) is 3.00. The minimum atomic E-state index is 0.164. The zero-order chi connectivity index (χ0) is 20.9. The summed E-state index contributed by atoms with van der Waals surface area (Å²) in [7, 11) is 1.65. The molecule has 30 heavy (non-hydrogen) atoms. The summed E-state index contributed by atoms with van der Waals surface area (Å²) in [6.45, 7) is 3.77. The van der Waals surface area contributed by atoms with Crippen LogP contribution in [0.25, 0.3) is 17.1 Å². The summed E-state index contributed by atoms with van der Waals surface area (Å²) in [5.74, 6) is 1.95. The summed E-state index contributed by atoms with van der Waals surface area (Å²) in [4.78, 5) is 14.6. The van der Waals surface area contributed by atoms with Gasteiger partial charge in [-0.3, -0.25) is 9.36 Å². The number of hydrogen-bond donors (Lipinski definition) is 0. The fraction of sp³-hybridized carbons (Fsp3) is 0.348. The van der Waals surface area contributed by atoms with Crippen molar-refractivity contribution in [3.63, 3.8) is 0 Å². The quantitative estimate of drug-likeness (QED) is 0.553. The average molecular weight is 423 g/mol. The first-order valence-electron chi connectivity index (χ1n) is 10.2. The van der Waals surface area contributed by atoms with Crippen molar-refractivity contribution in [2.24, 2.45) is 0 Å². The molecular weight excluding hydrogens is 396 g/mol. The molecule has 1 aliphatic heterocycles. The van der Waals surface area contributed by atoms with E-state index < -0.39 is 0 Å². The van der Waals surface area contributed by atoms with E-state index in [9.17, 15) is 4.79 Å². The van der Waals surface area contributed by atoms with Gasteiger partial charge in [-0.1, -0.05) is 41.6 Å². The van der Waals surface area contributed by atoms with Gasteiger partial charge >= 0.3 is 0 Å². The molecule has 1 aliphatic rings. The van der Waals surface area contributed by atoms with E-state index in [4.69, 9.17) is 4.74 Å². The smallest absolute Gasteiger partial charge is 0.233 e. The zero-order valence-electron chi connectivity index (χ0n) is 17.4. The van der Waals surface area contributed by atoms with Crippen LogP contribution >= 0.6 is 11.8 Å². The molecule has 0 spiro atoms. The summed E-state index contributed by atoms with van der Waals surface area (Å²) in [6.07, 6.45) is 3.39. The molecule has 0 saturated carbocycles. The third kappa shape index (κ3) is 4.36. The number of nitrogens with zero attached hydrogens (tertiary/aromatic N) is 4. The lowest BCUT2D eigenvalue weighted by Crippen LogP contribution is -2.36. The van der Waals surface area contributed by atoms with Gasteiger partial charge in [0, 0.05) is 18.8 Å². The molecular formula is C23H26N4O2S. The molecule has 0 N–H and O–H groups in total. The van der Waals surface area contributed by atoms with E-state index >= 15 is 0 Å². The van der Waals surface area contributed by atoms with Crippen LogP contribution in [-0.2, 0) is 4.79 Å². The van der Waals surface area contributed by atoms with Gasteiger partial charge in [0.1, 0.15) is 5.75 Å². The summed E-state index contributed by atoms with van der Waals surface area (Å²) >= 11 is 1.43. The van der Waals surface area contributed by atoms with Crippen molar-refractivity contribution in [3.05, 3.63) is 54.1 Å². The molecule has 0 radical (unpaired) electrons. The molecule has 0 aliphatic carbocycles. The number of para-hydroxylation sites is 1. The Hall–Kier alpha value is -2.80. The molecule has 2 aromatic carbocycles. The molecule has 7 heteroatoms. The van der Waals surface area contributed by atoms with Gasteiger partial charge in [0.15, 0.2) is 11.0 Å². The third-order valence-corrected chi connectivity index (χ3v) is 6.22. The van der Waals surface area contributed by atoms with E-state index in [0.29, 0.717) is 16.7 Å². The number of rotatable bonds is 6. The minimum absolute atomic E-state index is 0.164. The number of benzene rings is 2. The van der Waals surface area contributed by atoms with Crippen LogP contribution in [0.4, 0.5) is 0 Å². The average Bonchev–Trinajstić information content (AvgIpc) is 3.22. The van der Waals surface area contributed by atoms with E-state index in [1.165, 1.54) is 23.7 Å². The highest BCUT2D eigenvalue weighted by molar-refractivity contribution is 7.99. The van der Waals surface area contributed by atoms with Crippen molar-refractivity contribution in [1.82, 2.24) is 19.7 Å². The second-order valence-electron chi connectivity index (χ2n) is 7.41. The Labute approximate surface area is 181 Å². The maximum absolute atomic E-state index is 12.7. The van der Waals surface area contributed by atoms with Crippen LogP contribution in [0.15, 0.2) is 53.7 Å². The largest absolute Gasteiger partial charge is 0.496 e. The molecule has 6 nitrogen and oxygen atoms in total. The number of hydrogen-bond acceptors (Lipinski definition) is 5. The maximum Gasteiger partial charge on any atom is 0.233 e. The van der Waals surface area contributed by atoms with Gasteiger partial charge in [0.2, 0.25) is 5.91 Å². The highest BCUT2D eigenvalue weighted by Crippen LogP contribution is 2.33. The predicted octanol–water partition coefficient (Wildman–Crippen LogP) is 4.36. The molecule has 1 aromatic heterocycles. The fourth-order valence-electron chi connectivity index (χ4n) is 3.65. The normalized spacial score (nSPS) is 14.0. The first-order valence-corrected chi connectivity index (χ1v) is 11.2. The number of methoxy groups -OCH3 is 1. The van der Waals surface area contributed by atoms with Crippen LogP contribution < -0.4 is 4.74 Å². The molecule has 0 bridgehead atoms. The Morgan fingerprint density at radius 3 is 2.50 bits per heavy atom. The van der Waals surface area contributed by atoms with Gasteiger partial charge in [0.25, 0.3) is 0 Å². The highest BCUT2D eigenvalue weighted by atomic mass is 32.2. The summed E-state index contributed by atoms with van der Waals surface area (Å²) < 4.78 is 7.55. The monoisotopic (exact) mass is 422 g/mol. The van der Waals surface area contributed by atoms with Crippen molar-refractivity contribution in [2.45, 2.75) is 31.3 Å². The maximum atomic E-state index is 12.7. The predicted molar refractivity (Wildman–Crippen MR) is 119 cm³/mol. The molecule has 1 fully saturated rings. The Morgan fingerprint density at radius 1 is 1.03 bits per heavy atom. The van der Waals surface area contributed by atoms with E-state index in [0.717, 1.165) is 42.9 Å². The number of amides is 1. The number of thioether (sulfide) groups is 1. The number of piperidine rings is 1. The van der Waals surface area contributed by atoms with Crippen LogP contribution in [0, 0.1) is 6.92 Å². The molecule has 0 atom stereocenters. The lowest BCUT2D eigenvalue weighted by molar-refractivity contribution is -0.129. The van der Waals surface area contributed by atoms with E-state index in [-0.39, 0.29) is 5.91 Å². The molecule has 3 aromatic rings. The molecule has 0 unspecified atom stereocenters. The van der Waals surface area contributed by atoms with Gasteiger partial charge in [-0.2, -0.15) is 0 Å². The number of ether oxygens (including phenoxy) is 1. The van der Waals surface area contributed by atoms with Crippen LogP contribution in [0.5, 0.6) is 5.75 Å². The Bertz CT molecular complexity index is 1010. The van der Waals surface area contributed by atoms with Crippen LogP contribution in [0.2, 0.25) is 0 Å². The zero-order valence-corrected chi connectivity index (χ0v) is 18.2. The SMILES string of the molecule is COc1ccccc1-c1nnc(SCC(=O)N2CCCCC2)n1-c1ccc(C)cc1. The number of carbonyl (C=O) groups is 1. The molecule has 4 rings (SSSR count). The van der Waals surface area contributed by atoms with Crippen molar-refractivity contribution in [3.8, 4) is 22.8 Å². The van der Waals surface area contributed by atoms with Crippen molar-refractivity contribution < 1.29 is 9.53 Å². The van der Waals surface area contributed by atoms with E-state index in [1.54, 1.807) is 7.11 Å². The van der Waals surface area contributed by atoms with Crippen LogP contribution in [-0.4, -0.2) is 51.5 Å². The minimum Gasteiger partial charge on any atom is -0.496 e. The Balaban J connectivity index is 1.67. The second-order valence-corrected chi connectivity index (χ2v) is 8.35. The number of likely N-dealkylation sites (tertiary alicyclic amines) is 1. The number of carbonyl (C=O) groups excluding carboxylic acids is 1. The highest BCUT2D eigenvalue weighted by Gasteiger charge is 2.21. The molecule has 1 amide bonds. The number of aryl methyl sites for hydroxylation is 1. The third-order valence-electron chi connectivity index (χ3n) is 5.31.